The molecule has 2 aliphatic rings. The minimum atomic E-state index is -4.76. The molecule has 0 spiro atoms. The van der Waals surface area contributed by atoms with Gasteiger partial charge in [0.2, 0.25) is 0 Å². The van der Waals surface area contributed by atoms with Gasteiger partial charge in [-0.05, 0) is 81.3 Å². The molecule has 0 aliphatic carbocycles. The van der Waals surface area contributed by atoms with Crippen molar-refractivity contribution in [3.05, 3.63) is 53.5 Å². The van der Waals surface area contributed by atoms with Crippen LogP contribution in [0.4, 0.5) is 13.2 Å². The van der Waals surface area contributed by atoms with Crippen LogP contribution in [-0.2, 0) is 4.74 Å². The van der Waals surface area contributed by atoms with Crippen LogP contribution in [0.5, 0.6) is 5.75 Å². The summed E-state index contributed by atoms with van der Waals surface area (Å²) in [5.41, 5.74) is 2.97. The van der Waals surface area contributed by atoms with Gasteiger partial charge >= 0.3 is 6.36 Å². The number of carbonyl (C=O) groups is 1. The van der Waals surface area contributed by atoms with E-state index in [1.165, 1.54) is 12.1 Å². The number of imidazole rings is 1. The average Bonchev–Trinajstić information content (AvgIpc) is 3.27. The minimum absolute atomic E-state index is 0.177. The van der Waals surface area contributed by atoms with Crippen LogP contribution in [-0.4, -0.2) is 57.4 Å². The predicted molar refractivity (Wildman–Crippen MR) is 127 cm³/mol. The summed E-state index contributed by atoms with van der Waals surface area (Å²) in [6.07, 6.45) is 0.394. The van der Waals surface area contributed by atoms with Gasteiger partial charge in [-0.25, -0.2) is 9.97 Å². The Morgan fingerprint density at radius 2 is 1.83 bits per heavy atom. The number of aromatic nitrogens is 3. The molecular weight excluding hydrogens is 473 g/mol. The lowest BCUT2D eigenvalue weighted by Crippen LogP contribution is -2.38. The van der Waals surface area contributed by atoms with E-state index in [1.807, 2.05) is 6.07 Å². The monoisotopic (exact) mass is 502 g/mol. The van der Waals surface area contributed by atoms with Crippen molar-refractivity contribution in [3.8, 4) is 5.75 Å². The van der Waals surface area contributed by atoms with Gasteiger partial charge < -0.3 is 19.4 Å². The highest BCUT2D eigenvalue weighted by molar-refractivity contribution is 5.94. The number of benzene rings is 1. The Bertz CT molecular complexity index is 1230. The van der Waals surface area contributed by atoms with E-state index in [9.17, 15) is 18.0 Å². The molecule has 1 atom stereocenters. The number of alkyl halides is 3. The van der Waals surface area contributed by atoms with Crippen LogP contribution in [0.1, 0.15) is 73.1 Å². The third-order valence-corrected chi connectivity index (χ3v) is 7.07. The number of amides is 1. The molecule has 0 unspecified atom stereocenters. The summed E-state index contributed by atoms with van der Waals surface area (Å²) in [4.78, 5) is 27.6. The molecule has 0 saturated carbocycles. The first-order chi connectivity index (χ1) is 17.1. The van der Waals surface area contributed by atoms with Crippen LogP contribution in [0.2, 0.25) is 0 Å². The lowest BCUT2D eigenvalue weighted by atomic mass is 9.88. The molecule has 2 saturated heterocycles. The summed E-state index contributed by atoms with van der Waals surface area (Å²) < 4.78 is 46.9. The summed E-state index contributed by atoms with van der Waals surface area (Å²) >= 11 is 0. The fourth-order valence-electron chi connectivity index (χ4n) is 5.31. The molecule has 2 fully saturated rings. The number of nitrogens with zero attached hydrogens (tertiary/aromatic N) is 3. The molecule has 1 aromatic carbocycles. The van der Waals surface area contributed by atoms with Gasteiger partial charge in [0.1, 0.15) is 17.1 Å². The molecule has 10 heteroatoms. The zero-order chi connectivity index (χ0) is 25.5. The number of carbonyl (C=O) groups excluding carboxylic acids is 1. The second-order valence-corrected chi connectivity index (χ2v) is 10.2. The van der Waals surface area contributed by atoms with E-state index in [1.54, 1.807) is 11.1 Å². The third kappa shape index (κ3) is 5.33. The van der Waals surface area contributed by atoms with Gasteiger partial charge in [0.05, 0.1) is 5.60 Å². The molecule has 1 N–H and O–H groups in total. The van der Waals surface area contributed by atoms with Crippen LogP contribution in [0, 0.1) is 0 Å². The fraction of sp³-hybridized carbons (Fsp3) is 0.500. The molecule has 4 heterocycles. The van der Waals surface area contributed by atoms with Crippen molar-refractivity contribution in [1.29, 1.82) is 0 Å². The zero-order valence-electron chi connectivity index (χ0n) is 20.3. The lowest BCUT2D eigenvalue weighted by molar-refractivity contribution is -0.274. The quantitative estimate of drug-likeness (QED) is 0.506. The summed E-state index contributed by atoms with van der Waals surface area (Å²) in [5.74, 6) is 0.942. The maximum Gasteiger partial charge on any atom is 0.573 e. The Kier molecular flexibility index (Phi) is 6.40. The van der Waals surface area contributed by atoms with Gasteiger partial charge in [-0.15, -0.1) is 13.2 Å². The molecule has 36 heavy (non-hydrogen) atoms. The normalized spacial score (nSPS) is 21.0. The number of ether oxygens (including phenoxy) is 2. The van der Waals surface area contributed by atoms with E-state index in [0.717, 1.165) is 60.4 Å². The first kappa shape index (κ1) is 24.5. The van der Waals surface area contributed by atoms with Gasteiger partial charge in [0, 0.05) is 37.4 Å². The molecule has 2 aromatic heterocycles. The summed E-state index contributed by atoms with van der Waals surface area (Å²) in [6.45, 7) is 6.02. The summed E-state index contributed by atoms with van der Waals surface area (Å²) in [7, 11) is 0. The molecule has 3 aromatic rings. The summed E-state index contributed by atoms with van der Waals surface area (Å²) in [5, 5.41) is 0. The molecule has 0 radical (unpaired) electrons. The second kappa shape index (κ2) is 9.38. The van der Waals surface area contributed by atoms with Crippen molar-refractivity contribution < 1.29 is 27.4 Å². The average molecular weight is 503 g/mol. The van der Waals surface area contributed by atoms with Gasteiger partial charge in [-0.1, -0.05) is 0 Å². The maximum atomic E-state index is 12.9. The van der Waals surface area contributed by atoms with E-state index in [0.29, 0.717) is 31.2 Å². The Labute approximate surface area is 207 Å². The number of hydrogen-bond donors (Lipinski definition) is 1. The van der Waals surface area contributed by atoms with Gasteiger partial charge in [0.15, 0.2) is 5.65 Å². The lowest BCUT2D eigenvalue weighted by Gasteiger charge is -2.34. The van der Waals surface area contributed by atoms with E-state index in [4.69, 9.17) is 9.72 Å². The highest BCUT2D eigenvalue weighted by Gasteiger charge is 2.33. The Morgan fingerprint density at radius 3 is 2.50 bits per heavy atom. The minimum Gasteiger partial charge on any atom is -0.406 e. The molecule has 1 amide bonds. The number of piperidine rings is 1. The SMILES string of the molecule is CC1(C)C[C@@H](c2nc3c(C4CCN(C(=O)c5ccc(OC(F)(F)F)cc5)CC4)ccnc3[nH]2)CCO1. The van der Waals surface area contributed by atoms with Crippen molar-refractivity contribution >= 4 is 17.1 Å². The highest BCUT2D eigenvalue weighted by atomic mass is 19.4. The Morgan fingerprint density at radius 1 is 1.11 bits per heavy atom. The number of pyridine rings is 1. The van der Waals surface area contributed by atoms with E-state index in [-0.39, 0.29) is 23.2 Å². The van der Waals surface area contributed by atoms with E-state index < -0.39 is 6.36 Å². The van der Waals surface area contributed by atoms with Crippen molar-refractivity contribution in [2.75, 3.05) is 19.7 Å². The maximum absolute atomic E-state index is 12.9. The molecule has 7 nitrogen and oxygen atoms in total. The molecule has 5 rings (SSSR count). The van der Waals surface area contributed by atoms with Crippen LogP contribution in [0.3, 0.4) is 0 Å². The third-order valence-electron chi connectivity index (χ3n) is 7.07. The van der Waals surface area contributed by atoms with E-state index >= 15 is 0 Å². The first-order valence-electron chi connectivity index (χ1n) is 12.2. The standard InChI is InChI=1S/C26H29F3N4O3/c1-25(2)15-18(10-14-35-25)22-31-21-20(7-11-30-23(21)32-22)16-8-12-33(13-9-16)24(34)17-3-5-19(6-4-17)36-26(27,28)29/h3-7,11,16,18H,8-10,12-15H2,1-2H3,(H,30,31,32)/t18-/m0/s1. The topological polar surface area (TPSA) is 80.3 Å². The van der Waals surface area contributed by atoms with Crippen molar-refractivity contribution in [2.24, 2.45) is 0 Å². The number of rotatable bonds is 4. The fourth-order valence-corrected chi connectivity index (χ4v) is 5.31. The van der Waals surface area contributed by atoms with Crippen LogP contribution in [0.25, 0.3) is 11.2 Å². The Balaban J connectivity index is 1.26. The number of nitrogens with one attached hydrogen (secondary N) is 1. The summed E-state index contributed by atoms with van der Waals surface area (Å²) in [6, 6.07) is 7.07. The van der Waals surface area contributed by atoms with Gasteiger partial charge in [0.25, 0.3) is 5.91 Å². The smallest absolute Gasteiger partial charge is 0.406 e. The Hall–Kier alpha value is -3.14. The number of likely N-dealkylation sites (tertiary alicyclic amines) is 1. The number of hydrogen-bond acceptors (Lipinski definition) is 5. The number of halogens is 3. The van der Waals surface area contributed by atoms with Crippen LogP contribution < -0.4 is 4.74 Å². The number of H-pyrrole nitrogens is 1. The van der Waals surface area contributed by atoms with Crippen molar-refractivity contribution in [3.63, 3.8) is 0 Å². The van der Waals surface area contributed by atoms with Crippen molar-refractivity contribution in [2.45, 2.75) is 63.3 Å². The highest BCUT2D eigenvalue weighted by Crippen LogP contribution is 2.37. The van der Waals surface area contributed by atoms with Crippen molar-refractivity contribution in [1.82, 2.24) is 19.9 Å². The number of aromatic amines is 1. The molecule has 0 bridgehead atoms. The molecule has 2 aliphatic heterocycles. The van der Waals surface area contributed by atoms with Gasteiger partial charge in [-0.3, -0.25) is 4.79 Å². The predicted octanol–water partition coefficient (Wildman–Crippen LogP) is 5.55. The largest absolute Gasteiger partial charge is 0.573 e. The second-order valence-electron chi connectivity index (χ2n) is 10.2. The number of fused-ring (bicyclic) bond motifs is 1. The van der Waals surface area contributed by atoms with E-state index in [2.05, 4.69) is 28.6 Å². The zero-order valence-corrected chi connectivity index (χ0v) is 20.3. The molecular formula is C26H29F3N4O3. The first-order valence-corrected chi connectivity index (χ1v) is 12.2. The van der Waals surface area contributed by atoms with Crippen LogP contribution in [0.15, 0.2) is 36.5 Å². The van der Waals surface area contributed by atoms with Crippen LogP contribution >= 0.6 is 0 Å². The molecule has 192 valence electrons. The van der Waals surface area contributed by atoms with Gasteiger partial charge in [-0.2, -0.15) is 0 Å².